The summed E-state index contributed by atoms with van der Waals surface area (Å²) in [5, 5.41) is 9.30. The third kappa shape index (κ3) is 5.01. The molecule has 0 saturated carbocycles. The average Bonchev–Trinajstić information content (AvgIpc) is 2.18. The molecule has 0 aromatic heterocycles. The van der Waals surface area contributed by atoms with Crippen LogP contribution in [0.3, 0.4) is 0 Å². The highest BCUT2D eigenvalue weighted by atomic mass is 35.5. The van der Waals surface area contributed by atoms with Crippen LogP contribution in [-0.4, -0.2) is 17.3 Å². The number of phenols is 1. The van der Waals surface area contributed by atoms with Gasteiger partial charge in [-0.25, -0.2) is 4.39 Å². The molecule has 8 heteroatoms. The zero-order chi connectivity index (χ0) is 12.3. The van der Waals surface area contributed by atoms with Crippen molar-refractivity contribution in [3.63, 3.8) is 0 Å². The van der Waals surface area contributed by atoms with Gasteiger partial charge in [-0.15, -0.1) is 12.4 Å². The van der Waals surface area contributed by atoms with Gasteiger partial charge in [0.25, 0.3) is 0 Å². The van der Waals surface area contributed by atoms with E-state index in [1.54, 1.807) is 0 Å². The Kier molecular flexibility index (Phi) is 6.08. The second kappa shape index (κ2) is 6.32. The monoisotopic (exact) mass is 291 g/mol. The fourth-order valence-electron chi connectivity index (χ4n) is 1.11. The molecule has 1 aromatic carbocycles. The number of phenolic OH excluding ortho intramolecular Hbond substituents is 1. The van der Waals surface area contributed by atoms with Gasteiger partial charge in [-0.1, -0.05) is 0 Å². The Hall–Kier alpha value is -0.660. The van der Waals surface area contributed by atoms with Crippen LogP contribution in [0.1, 0.15) is 11.6 Å². The highest BCUT2D eigenvalue weighted by Gasteiger charge is 2.29. The predicted molar refractivity (Wildman–Crippen MR) is 60.2 cm³/mol. The van der Waals surface area contributed by atoms with Crippen molar-refractivity contribution in [3.05, 3.63) is 23.8 Å². The van der Waals surface area contributed by atoms with Crippen LogP contribution in [0.15, 0.2) is 23.1 Å². The van der Waals surface area contributed by atoms with Gasteiger partial charge in [0.1, 0.15) is 12.4 Å². The van der Waals surface area contributed by atoms with Crippen molar-refractivity contribution in [3.8, 4) is 5.75 Å². The van der Waals surface area contributed by atoms with E-state index in [1.807, 2.05) is 0 Å². The molecular formula is C9H10ClF4NOS. The number of halogens is 5. The molecule has 0 spiro atoms. The number of aromatic hydroxyl groups is 1. The maximum absolute atomic E-state index is 12.3. The molecule has 98 valence electrons. The first-order chi connectivity index (χ1) is 7.33. The van der Waals surface area contributed by atoms with E-state index < -0.39 is 18.2 Å². The Morgan fingerprint density at radius 1 is 1.35 bits per heavy atom. The van der Waals surface area contributed by atoms with Gasteiger partial charge >= 0.3 is 5.51 Å². The molecule has 1 rings (SSSR count). The van der Waals surface area contributed by atoms with Crippen LogP contribution in [0.5, 0.6) is 5.75 Å². The van der Waals surface area contributed by atoms with Crippen molar-refractivity contribution in [1.29, 1.82) is 0 Å². The lowest BCUT2D eigenvalue weighted by molar-refractivity contribution is -0.0328. The maximum Gasteiger partial charge on any atom is 0.446 e. The molecule has 0 amide bonds. The van der Waals surface area contributed by atoms with Crippen LogP contribution in [0.25, 0.3) is 0 Å². The number of rotatable bonds is 3. The van der Waals surface area contributed by atoms with Crippen molar-refractivity contribution in [2.45, 2.75) is 16.4 Å². The number of nitrogens with two attached hydrogens (primary N) is 1. The van der Waals surface area contributed by atoms with E-state index in [2.05, 4.69) is 0 Å². The number of hydrogen-bond acceptors (Lipinski definition) is 3. The van der Waals surface area contributed by atoms with Gasteiger partial charge in [0.05, 0.1) is 6.04 Å². The highest BCUT2D eigenvalue weighted by molar-refractivity contribution is 8.00. The fourth-order valence-corrected chi connectivity index (χ4v) is 1.70. The summed E-state index contributed by atoms with van der Waals surface area (Å²) in [7, 11) is 0. The van der Waals surface area contributed by atoms with E-state index >= 15 is 0 Å². The van der Waals surface area contributed by atoms with Crippen LogP contribution in [0, 0.1) is 0 Å². The standard InChI is InChI=1S/C9H9F4NOS.ClH/c10-4-7(14)6-3-5(1-2-8(6)15)16-9(11,12)13;/h1-3,7,15H,4,14H2;1H/t7-;/m1./s1. The molecule has 0 aliphatic carbocycles. The van der Waals surface area contributed by atoms with E-state index in [1.165, 1.54) is 0 Å². The van der Waals surface area contributed by atoms with E-state index in [0.717, 1.165) is 18.2 Å². The number of thioether (sulfide) groups is 1. The molecule has 3 N–H and O–H groups in total. The van der Waals surface area contributed by atoms with Gasteiger partial charge in [-0.3, -0.25) is 0 Å². The second-order valence-corrected chi connectivity index (χ2v) is 4.17. The summed E-state index contributed by atoms with van der Waals surface area (Å²) in [6.07, 6.45) is 0. The summed E-state index contributed by atoms with van der Waals surface area (Å²) in [5.41, 5.74) is 0.849. The normalized spacial score (nSPS) is 13.0. The minimum Gasteiger partial charge on any atom is -0.508 e. The van der Waals surface area contributed by atoms with Crippen LogP contribution < -0.4 is 5.73 Å². The van der Waals surface area contributed by atoms with Gasteiger partial charge in [0.15, 0.2) is 0 Å². The number of benzene rings is 1. The highest BCUT2D eigenvalue weighted by Crippen LogP contribution is 2.39. The molecule has 0 bridgehead atoms. The molecule has 0 aliphatic rings. The zero-order valence-electron chi connectivity index (χ0n) is 8.37. The Morgan fingerprint density at radius 2 is 1.94 bits per heavy atom. The quantitative estimate of drug-likeness (QED) is 0.663. The van der Waals surface area contributed by atoms with Gasteiger partial charge in [-0.2, -0.15) is 13.2 Å². The van der Waals surface area contributed by atoms with E-state index in [-0.39, 0.29) is 40.4 Å². The molecule has 1 aromatic rings. The fraction of sp³-hybridized carbons (Fsp3) is 0.333. The van der Waals surface area contributed by atoms with Crippen molar-refractivity contribution < 1.29 is 22.7 Å². The van der Waals surface area contributed by atoms with Gasteiger partial charge in [0, 0.05) is 10.5 Å². The molecular weight excluding hydrogens is 282 g/mol. The van der Waals surface area contributed by atoms with Crippen LogP contribution >= 0.6 is 24.2 Å². The lowest BCUT2D eigenvalue weighted by Crippen LogP contribution is -2.12. The smallest absolute Gasteiger partial charge is 0.446 e. The van der Waals surface area contributed by atoms with Crippen LogP contribution in [0.2, 0.25) is 0 Å². The van der Waals surface area contributed by atoms with Crippen molar-refractivity contribution in [1.82, 2.24) is 0 Å². The first-order valence-electron chi connectivity index (χ1n) is 4.23. The Labute approximate surface area is 106 Å². The Balaban J connectivity index is 0.00000256. The molecule has 1 atom stereocenters. The summed E-state index contributed by atoms with van der Waals surface area (Å²) in [5.74, 6) is -0.309. The predicted octanol–water partition coefficient (Wildman–Crippen LogP) is 3.40. The lowest BCUT2D eigenvalue weighted by atomic mass is 10.1. The van der Waals surface area contributed by atoms with E-state index in [0.29, 0.717) is 0 Å². The van der Waals surface area contributed by atoms with Crippen molar-refractivity contribution >= 4 is 24.2 Å². The first kappa shape index (κ1) is 16.3. The summed E-state index contributed by atoms with van der Waals surface area (Å²) < 4.78 is 48.4. The molecule has 0 aliphatic heterocycles. The summed E-state index contributed by atoms with van der Waals surface area (Å²) in [4.78, 5) is -0.135. The minimum absolute atomic E-state index is 0. The lowest BCUT2D eigenvalue weighted by Gasteiger charge is -2.12. The number of alkyl halides is 4. The molecule has 0 unspecified atom stereocenters. The molecule has 0 heterocycles. The molecule has 2 nitrogen and oxygen atoms in total. The maximum atomic E-state index is 12.3. The van der Waals surface area contributed by atoms with Gasteiger partial charge in [-0.05, 0) is 30.0 Å². The topological polar surface area (TPSA) is 46.2 Å². The van der Waals surface area contributed by atoms with Crippen molar-refractivity contribution in [2.75, 3.05) is 6.67 Å². The summed E-state index contributed by atoms with van der Waals surface area (Å²) >= 11 is -0.338. The Morgan fingerprint density at radius 3 is 2.41 bits per heavy atom. The third-order valence-corrected chi connectivity index (χ3v) is 2.52. The van der Waals surface area contributed by atoms with Crippen LogP contribution in [0.4, 0.5) is 17.6 Å². The minimum atomic E-state index is -4.42. The summed E-state index contributed by atoms with van der Waals surface area (Å²) in [6, 6.07) is 2.09. The van der Waals surface area contributed by atoms with E-state index in [9.17, 15) is 22.7 Å². The summed E-state index contributed by atoms with van der Waals surface area (Å²) in [6.45, 7) is -0.951. The van der Waals surface area contributed by atoms with Gasteiger partial charge in [0.2, 0.25) is 0 Å². The second-order valence-electron chi connectivity index (χ2n) is 3.03. The molecule has 0 saturated heterocycles. The Bertz CT molecular complexity index is 375. The average molecular weight is 292 g/mol. The molecule has 0 fully saturated rings. The number of hydrogen-bond donors (Lipinski definition) is 2. The zero-order valence-corrected chi connectivity index (χ0v) is 10.0. The van der Waals surface area contributed by atoms with Crippen LogP contribution in [-0.2, 0) is 0 Å². The third-order valence-electron chi connectivity index (χ3n) is 1.80. The van der Waals surface area contributed by atoms with Gasteiger partial charge < -0.3 is 10.8 Å². The van der Waals surface area contributed by atoms with Crippen molar-refractivity contribution in [2.24, 2.45) is 5.73 Å². The first-order valence-corrected chi connectivity index (χ1v) is 5.05. The molecule has 0 radical (unpaired) electrons. The largest absolute Gasteiger partial charge is 0.508 e. The molecule has 17 heavy (non-hydrogen) atoms. The van der Waals surface area contributed by atoms with E-state index in [4.69, 9.17) is 5.73 Å². The SMILES string of the molecule is Cl.N[C@H](CF)c1cc(SC(F)(F)F)ccc1O.